The highest BCUT2D eigenvalue weighted by atomic mass is 16.6. The number of likely N-dealkylation sites (N-methyl/N-ethyl adjacent to an activating group) is 1. The van der Waals surface area contributed by atoms with Gasteiger partial charge in [-0.05, 0) is 14.1 Å². The lowest BCUT2D eigenvalue weighted by Gasteiger charge is -2.06. The third kappa shape index (κ3) is 5.43. The van der Waals surface area contributed by atoms with Gasteiger partial charge in [-0.25, -0.2) is 0 Å². The molecule has 0 amide bonds. The average Bonchev–Trinajstić information content (AvgIpc) is 1.66. The molecule has 0 heterocycles. The first-order valence-electron chi connectivity index (χ1n) is 2.50. The van der Waals surface area contributed by atoms with Crippen molar-refractivity contribution in [3.8, 4) is 0 Å². The van der Waals surface area contributed by atoms with Crippen LogP contribution in [0.2, 0.25) is 0 Å². The van der Waals surface area contributed by atoms with Gasteiger partial charge in [0.2, 0.25) is 0 Å². The van der Waals surface area contributed by atoms with E-state index in [1.165, 1.54) is 0 Å². The van der Waals surface area contributed by atoms with Crippen molar-refractivity contribution in [3.05, 3.63) is 0 Å². The first kappa shape index (κ1) is 7.43. The van der Waals surface area contributed by atoms with E-state index in [1.54, 1.807) is 0 Å². The molecule has 0 saturated carbocycles. The van der Waals surface area contributed by atoms with Crippen molar-refractivity contribution in [1.82, 2.24) is 4.90 Å². The fourth-order valence-corrected chi connectivity index (χ4v) is 0.288. The molecule has 0 aromatic carbocycles. The van der Waals surface area contributed by atoms with Crippen LogP contribution in [0.3, 0.4) is 0 Å². The van der Waals surface area contributed by atoms with Gasteiger partial charge in [-0.2, -0.15) is 0 Å². The Kier molecular flexibility index (Phi) is 4.26. The van der Waals surface area contributed by atoms with Gasteiger partial charge in [-0.15, -0.1) is 5.16 Å². The Labute approximate surface area is 49.9 Å². The van der Waals surface area contributed by atoms with E-state index in [9.17, 15) is 0 Å². The molecule has 0 aromatic heterocycles. The molecule has 3 heteroatoms. The van der Waals surface area contributed by atoms with E-state index in [1.807, 2.05) is 19.0 Å². The summed E-state index contributed by atoms with van der Waals surface area (Å²) in [6, 6.07) is 0. The molecule has 0 bridgehead atoms. The van der Waals surface area contributed by atoms with E-state index < -0.39 is 0 Å². The highest BCUT2D eigenvalue weighted by Gasteiger charge is 1.86. The topological polar surface area (TPSA) is 24.8 Å². The van der Waals surface area contributed by atoms with Crippen LogP contribution in [0.1, 0.15) is 0 Å². The smallest absolute Gasteiger partial charge is 0.129 e. The molecular formula is C5H12N2O. The van der Waals surface area contributed by atoms with Crippen LogP contribution in [0.15, 0.2) is 5.16 Å². The first-order valence-corrected chi connectivity index (χ1v) is 2.50. The third-order valence-electron chi connectivity index (χ3n) is 0.721. The van der Waals surface area contributed by atoms with Crippen LogP contribution in [-0.4, -0.2) is 38.9 Å². The first-order chi connectivity index (χ1) is 3.77. The van der Waals surface area contributed by atoms with Gasteiger partial charge >= 0.3 is 0 Å². The van der Waals surface area contributed by atoms with Gasteiger partial charge in [0.1, 0.15) is 6.61 Å². The minimum absolute atomic E-state index is 0.622. The molecule has 0 radical (unpaired) electrons. The van der Waals surface area contributed by atoms with Gasteiger partial charge in [-0.3, -0.25) is 0 Å². The van der Waals surface area contributed by atoms with E-state index in [4.69, 9.17) is 0 Å². The molecule has 0 fully saturated rings. The maximum Gasteiger partial charge on any atom is 0.129 e. The molecule has 0 N–H and O–H groups in total. The van der Waals surface area contributed by atoms with Crippen LogP contribution in [0.25, 0.3) is 0 Å². The SMILES string of the molecule is C=NOCCN(C)C. The zero-order valence-corrected chi connectivity index (χ0v) is 5.42. The van der Waals surface area contributed by atoms with Gasteiger partial charge < -0.3 is 9.74 Å². The molecule has 0 spiro atoms. The van der Waals surface area contributed by atoms with E-state index >= 15 is 0 Å². The van der Waals surface area contributed by atoms with Crippen LogP contribution < -0.4 is 0 Å². The summed E-state index contributed by atoms with van der Waals surface area (Å²) in [5.41, 5.74) is 0. The van der Waals surface area contributed by atoms with Crippen LogP contribution >= 0.6 is 0 Å². The van der Waals surface area contributed by atoms with Crippen LogP contribution in [0.4, 0.5) is 0 Å². The zero-order chi connectivity index (χ0) is 6.41. The molecule has 0 aliphatic heterocycles. The van der Waals surface area contributed by atoms with E-state index in [2.05, 4.69) is 16.7 Å². The lowest BCUT2D eigenvalue weighted by molar-refractivity contribution is 0.128. The standard InChI is InChI=1S/C5H12N2O/c1-6-8-5-4-7(2)3/h1,4-5H2,2-3H3. The summed E-state index contributed by atoms with van der Waals surface area (Å²) >= 11 is 0. The summed E-state index contributed by atoms with van der Waals surface area (Å²) < 4.78 is 0. The van der Waals surface area contributed by atoms with Gasteiger partial charge in [0, 0.05) is 13.3 Å². The highest BCUT2D eigenvalue weighted by Crippen LogP contribution is 1.75. The molecule has 0 rings (SSSR count). The molecule has 48 valence electrons. The molecular weight excluding hydrogens is 104 g/mol. The number of rotatable bonds is 4. The predicted octanol–water partition coefficient (Wildman–Crippen LogP) is 0.180. The van der Waals surface area contributed by atoms with Crippen LogP contribution in [0.5, 0.6) is 0 Å². The quantitative estimate of drug-likeness (QED) is 0.297. The molecule has 0 aromatic rings. The van der Waals surface area contributed by atoms with E-state index in [0.29, 0.717) is 6.61 Å². The number of hydrogen-bond acceptors (Lipinski definition) is 3. The van der Waals surface area contributed by atoms with Crippen molar-refractivity contribution >= 4 is 6.72 Å². The summed E-state index contributed by atoms with van der Waals surface area (Å²) in [5, 5.41) is 3.23. The third-order valence-corrected chi connectivity index (χ3v) is 0.721. The van der Waals surface area contributed by atoms with Gasteiger partial charge in [0.05, 0.1) is 0 Å². The zero-order valence-electron chi connectivity index (χ0n) is 5.42. The van der Waals surface area contributed by atoms with Gasteiger partial charge in [-0.1, -0.05) is 0 Å². The molecule has 0 saturated heterocycles. The van der Waals surface area contributed by atoms with Crippen molar-refractivity contribution < 1.29 is 4.84 Å². The van der Waals surface area contributed by atoms with Crippen molar-refractivity contribution in [3.63, 3.8) is 0 Å². The van der Waals surface area contributed by atoms with Gasteiger partial charge in [0.25, 0.3) is 0 Å². The Morgan fingerprint density at radius 3 is 2.62 bits per heavy atom. The molecule has 8 heavy (non-hydrogen) atoms. The molecule has 0 aliphatic carbocycles. The lowest BCUT2D eigenvalue weighted by atomic mass is 10.6. The Morgan fingerprint density at radius 2 is 2.25 bits per heavy atom. The van der Waals surface area contributed by atoms with Crippen molar-refractivity contribution in [2.24, 2.45) is 5.16 Å². The largest absolute Gasteiger partial charge is 0.395 e. The van der Waals surface area contributed by atoms with Gasteiger partial charge in [0.15, 0.2) is 0 Å². The maximum atomic E-state index is 4.62. The number of nitrogens with zero attached hydrogens (tertiary/aromatic N) is 2. The highest BCUT2D eigenvalue weighted by molar-refractivity contribution is 5.21. The predicted molar refractivity (Wildman–Crippen MR) is 34.1 cm³/mol. The molecule has 0 unspecified atom stereocenters. The van der Waals surface area contributed by atoms with E-state index in [-0.39, 0.29) is 0 Å². The monoisotopic (exact) mass is 116 g/mol. The second-order valence-electron chi connectivity index (χ2n) is 1.77. The summed E-state index contributed by atoms with van der Waals surface area (Å²) in [4.78, 5) is 6.64. The summed E-state index contributed by atoms with van der Waals surface area (Å²) in [7, 11) is 3.96. The van der Waals surface area contributed by atoms with Crippen molar-refractivity contribution in [2.45, 2.75) is 0 Å². The summed E-state index contributed by atoms with van der Waals surface area (Å²) in [6.45, 7) is 4.68. The van der Waals surface area contributed by atoms with Crippen LogP contribution in [-0.2, 0) is 4.84 Å². The van der Waals surface area contributed by atoms with Crippen molar-refractivity contribution in [1.29, 1.82) is 0 Å². The molecule has 0 aliphatic rings. The second-order valence-corrected chi connectivity index (χ2v) is 1.77. The fourth-order valence-electron chi connectivity index (χ4n) is 0.288. The minimum atomic E-state index is 0.622. The Bertz CT molecular complexity index is 63.4. The summed E-state index contributed by atoms with van der Waals surface area (Å²) in [6.07, 6.45) is 0. The Hall–Kier alpha value is -0.570. The Morgan fingerprint density at radius 1 is 1.62 bits per heavy atom. The second kappa shape index (κ2) is 4.59. The van der Waals surface area contributed by atoms with Crippen molar-refractivity contribution in [2.75, 3.05) is 27.2 Å². The minimum Gasteiger partial charge on any atom is -0.395 e. The lowest BCUT2D eigenvalue weighted by Crippen LogP contribution is -2.16. The van der Waals surface area contributed by atoms with Crippen LogP contribution in [0, 0.1) is 0 Å². The summed E-state index contributed by atoms with van der Waals surface area (Å²) in [5.74, 6) is 0. The number of oxime groups is 1. The normalized spacial score (nSPS) is 9.38. The van der Waals surface area contributed by atoms with E-state index in [0.717, 1.165) is 6.54 Å². The fraction of sp³-hybridized carbons (Fsp3) is 0.800. The average molecular weight is 116 g/mol. The Balaban J connectivity index is 2.81. The maximum absolute atomic E-state index is 4.62. The molecule has 3 nitrogen and oxygen atoms in total. The molecule has 0 atom stereocenters. The number of hydrogen-bond donors (Lipinski definition) is 0.